The highest BCUT2D eigenvalue weighted by molar-refractivity contribution is 6.05. The molecule has 34 heavy (non-hydrogen) atoms. The van der Waals surface area contributed by atoms with E-state index in [1.807, 2.05) is 0 Å². The summed E-state index contributed by atoms with van der Waals surface area (Å²) in [6.07, 6.45) is 0. The minimum atomic E-state index is -0.351. The monoisotopic (exact) mass is 454 g/mol. The Bertz CT molecular complexity index is 1350. The third kappa shape index (κ3) is 5.43. The van der Waals surface area contributed by atoms with Crippen molar-refractivity contribution in [1.82, 2.24) is 0 Å². The number of hydrogen-bond acceptors (Lipinski definition) is 6. The van der Waals surface area contributed by atoms with Crippen LogP contribution >= 0.6 is 0 Å². The summed E-state index contributed by atoms with van der Waals surface area (Å²) < 4.78 is 5.72. The van der Waals surface area contributed by atoms with Crippen molar-refractivity contribution in [1.29, 1.82) is 0 Å². The van der Waals surface area contributed by atoms with Crippen LogP contribution in [0.1, 0.15) is 20.7 Å². The molecule has 0 saturated heterocycles. The highest BCUT2D eigenvalue weighted by atomic mass is 16.5. The van der Waals surface area contributed by atoms with E-state index in [2.05, 4.69) is 10.6 Å². The van der Waals surface area contributed by atoms with Crippen LogP contribution < -0.4 is 26.8 Å². The Labute approximate surface area is 195 Å². The fourth-order valence-electron chi connectivity index (χ4n) is 3.18. The Balaban J connectivity index is 1.39. The van der Waals surface area contributed by atoms with Crippen molar-refractivity contribution in [3.05, 3.63) is 102 Å². The lowest BCUT2D eigenvalue weighted by Gasteiger charge is -2.11. The number of anilines is 4. The van der Waals surface area contributed by atoms with Crippen LogP contribution in [0.3, 0.4) is 0 Å². The minimum Gasteiger partial charge on any atom is -0.504 e. The predicted molar refractivity (Wildman–Crippen MR) is 132 cm³/mol. The van der Waals surface area contributed by atoms with E-state index in [1.54, 1.807) is 84.9 Å². The second kappa shape index (κ2) is 9.66. The molecular weight excluding hydrogens is 432 g/mol. The summed E-state index contributed by atoms with van der Waals surface area (Å²) in [6, 6.07) is 24.5. The van der Waals surface area contributed by atoms with Gasteiger partial charge in [0.1, 0.15) is 5.75 Å². The first-order valence-electron chi connectivity index (χ1n) is 10.3. The standard InChI is InChI=1S/C26H22N4O4/c27-18-5-1-3-16(13-18)25(32)29-20-7-10-22(11-8-20)34-24-12-9-21(15-23(24)31)30-26(33)17-4-2-6-19(28)14-17/h1-15,31H,27-28H2,(H,29,32)(H,30,33). The second-order valence-corrected chi connectivity index (χ2v) is 7.47. The summed E-state index contributed by atoms with van der Waals surface area (Å²) in [4.78, 5) is 24.7. The Morgan fingerprint density at radius 2 is 1.21 bits per heavy atom. The molecule has 0 heterocycles. The highest BCUT2D eigenvalue weighted by Crippen LogP contribution is 2.33. The molecule has 0 aliphatic carbocycles. The maximum Gasteiger partial charge on any atom is 0.255 e. The number of amides is 2. The van der Waals surface area contributed by atoms with Crippen molar-refractivity contribution in [2.45, 2.75) is 0 Å². The number of carbonyl (C=O) groups is 2. The number of hydrogen-bond donors (Lipinski definition) is 5. The molecule has 170 valence electrons. The number of aromatic hydroxyl groups is 1. The van der Waals surface area contributed by atoms with Crippen molar-refractivity contribution in [2.75, 3.05) is 22.1 Å². The molecule has 0 bridgehead atoms. The summed E-state index contributed by atoms with van der Waals surface area (Å²) in [5.74, 6) is -0.123. The molecule has 0 aliphatic heterocycles. The number of carbonyl (C=O) groups excluding carboxylic acids is 2. The quantitative estimate of drug-likeness (QED) is 0.264. The van der Waals surface area contributed by atoms with Crippen molar-refractivity contribution in [3.8, 4) is 17.2 Å². The van der Waals surface area contributed by atoms with Gasteiger partial charge in [-0.3, -0.25) is 9.59 Å². The van der Waals surface area contributed by atoms with Crippen molar-refractivity contribution in [2.24, 2.45) is 0 Å². The molecule has 4 rings (SSSR count). The molecular formula is C26H22N4O4. The van der Waals surface area contributed by atoms with E-state index >= 15 is 0 Å². The Kier molecular flexibility index (Phi) is 6.31. The molecule has 2 amide bonds. The zero-order chi connectivity index (χ0) is 24.1. The number of benzene rings is 4. The van der Waals surface area contributed by atoms with Gasteiger partial charge in [-0.1, -0.05) is 12.1 Å². The van der Waals surface area contributed by atoms with Crippen LogP contribution in [0.15, 0.2) is 91.0 Å². The van der Waals surface area contributed by atoms with Gasteiger partial charge in [0.15, 0.2) is 11.5 Å². The van der Waals surface area contributed by atoms with Gasteiger partial charge < -0.3 is 31.9 Å². The van der Waals surface area contributed by atoms with E-state index in [0.717, 1.165) is 0 Å². The zero-order valence-corrected chi connectivity index (χ0v) is 18.0. The summed E-state index contributed by atoms with van der Waals surface area (Å²) in [5.41, 5.74) is 14.2. The SMILES string of the molecule is Nc1cccc(C(=O)Nc2ccc(Oc3ccc(NC(=O)c4cccc(N)c4)cc3O)cc2)c1. The van der Waals surface area contributed by atoms with Gasteiger partial charge in [0.2, 0.25) is 0 Å². The first-order valence-corrected chi connectivity index (χ1v) is 10.3. The van der Waals surface area contributed by atoms with Gasteiger partial charge in [0.25, 0.3) is 11.8 Å². The lowest BCUT2D eigenvalue weighted by Crippen LogP contribution is -2.12. The van der Waals surface area contributed by atoms with Crippen LogP contribution in [0.2, 0.25) is 0 Å². The number of nitrogens with two attached hydrogens (primary N) is 2. The molecule has 0 fully saturated rings. The summed E-state index contributed by atoms with van der Waals surface area (Å²) in [6.45, 7) is 0. The molecule has 8 nitrogen and oxygen atoms in total. The van der Waals surface area contributed by atoms with Crippen LogP contribution in [-0.4, -0.2) is 16.9 Å². The number of phenolic OH excluding ortho intramolecular Hbond substituents is 1. The Morgan fingerprint density at radius 1 is 0.676 bits per heavy atom. The fourth-order valence-corrected chi connectivity index (χ4v) is 3.18. The zero-order valence-electron chi connectivity index (χ0n) is 18.0. The first kappa shape index (κ1) is 22.2. The van der Waals surface area contributed by atoms with E-state index in [0.29, 0.717) is 39.6 Å². The van der Waals surface area contributed by atoms with E-state index in [1.165, 1.54) is 6.07 Å². The van der Waals surface area contributed by atoms with Gasteiger partial charge in [0, 0.05) is 39.9 Å². The molecule has 0 atom stereocenters. The smallest absolute Gasteiger partial charge is 0.255 e. The third-order valence-corrected chi connectivity index (χ3v) is 4.85. The topological polar surface area (TPSA) is 140 Å². The van der Waals surface area contributed by atoms with Gasteiger partial charge >= 0.3 is 0 Å². The van der Waals surface area contributed by atoms with E-state index in [-0.39, 0.29) is 23.3 Å². The molecule has 4 aromatic carbocycles. The highest BCUT2D eigenvalue weighted by Gasteiger charge is 2.11. The van der Waals surface area contributed by atoms with Gasteiger partial charge in [-0.25, -0.2) is 0 Å². The van der Waals surface area contributed by atoms with Crippen molar-refractivity contribution < 1.29 is 19.4 Å². The van der Waals surface area contributed by atoms with E-state index in [9.17, 15) is 14.7 Å². The molecule has 0 unspecified atom stereocenters. The van der Waals surface area contributed by atoms with Crippen LogP contribution in [0, 0.1) is 0 Å². The summed E-state index contributed by atoms with van der Waals surface area (Å²) >= 11 is 0. The molecule has 0 spiro atoms. The predicted octanol–water partition coefficient (Wildman–Crippen LogP) is 4.85. The van der Waals surface area contributed by atoms with Crippen LogP contribution in [-0.2, 0) is 0 Å². The molecule has 0 aliphatic rings. The first-order chi connectivity index (χ1) is 16.4. The van der Waals surface area contributed by atoms with Gasteiger partial charge in [-0.05, 0) is 72.8 Å². The number of nitrogen functional groups attached to an aromatic ring is 2. The molecule has 8 heteroatoms. The van der Waals surface area contributed by atoms with E-state index < -0.39 is 0 Å². The van der Waals surface area contributed by atoms with Gasteiger partial charge in [-0.15, -0.1) is 0 Å². The van der Waals surface area contributed by atoms with Crippen LogP contribution in [0.4, 0.5) is 22.7 Å². The van der Waals surface area contributed by atoms with Crippen molar-refractivity contribution >= 4 is 34.6 Å². The van der Waals surface area contributed by atoms with Crippen molar-refractivity contribution in [3.63, 3.8) is 0 Å². The molecule has 7 N–H and O–H groups in total. The Morgan fingerprint density at radius 3 is 1.74 bits per heavy atom. The molecule has 0 aromatic heterocycles. The number of phenols is 1. The number of ether oxygens (including phenoxy) is 1. The Hall–Kier alpha value is -4.98. The molecule has 0 radical (unpaired) electrons. The maximum atomic E-state index is 12.4. The van der Waals surface area contributed by atoms with E-state index in [4.69, 9.17) is 16.2 Å². The normalized spacial score (nSPS) is 10.4. The largest absolute Gasteiger partial charge is 0.504 e. The van der Waals surface area contributed by atoms with Gasteiger partial charge in [-0.2, -0.15) is 0 Å². The fraction of sp³-hybridized carbons (Fsp3) is 0. The number of rotatable bonds is 6. The minimum absolute atomic E-state index is 0.149. The average molecular weight is 454 g/mol. The lowest BCUT2D eigenvalue weighted by molar-refractivity contribution is 0.101. The molecule has 0 saturated carbocycles. The summed E-state index contributed by atoms with van der Waals surface area (Å²) in [7, 11) is 0. The second-order valence-electron chi connectivity index (χ2n) is 7.47. The van der Waals surface area contributed by atoms with Crippen LogP contribution in [0.25, 0.3) is 0 Å². The molecule has 4 aromatic rings. The average Bonchev–Trinajstić information content (AvgIpc) is 2.82. The summed E-state index contributed by atoms with van der Waals surface area (Å²) in [5, 5.41) is 15.8. The number of nitrogens with one attached hydrogen (secondary N) is 2. The third-order valence-electron chi connectivity index (χ3n) is 4.85. The maximum absolute atomic E-state index is 12.4. The van der Waals surface area contributed by atoms with Crippen LogP contribution in [0.5, 0.6) is 17.2 Å². The van der Waals surface area contributed by atoms with Gasteiger partial charge in [0.05, 0.1) is 0 Å². The lowest BCUT2D eigenvalue weighted by atomic mass is 10.2.